The Morgan fingerprint density at radius 1 is 1.09 bits per heavy atom. The summed E-state index contributed by atoms with van der Waals surface area (Å²) in [6.45, 7) is 4.97. The second-order valence-corrected chi connectivity index (χ2v) is 6.00. The van der Waals surface area contributed by atoms with E-state index in [1.807, 2.05) is 42.2 Å². The molecule has 0 spiro atoms. The molecule has 1 aliphatic heterocycles. The van der Waals surface area contributed by atoms with Crippen molar-refractivity contribution in [1.82, 2.24) is 4.90 Å². The smallest absolute Gasteiger partial charge is 0.317 e. The van der Waals surface area contributed by atoms with E-state index in [2.05, 4.69) is 30.4 Å². The van der Waals surface area contributed by atoms with Crippen LogP contribution in [-0.2, 0) is 0 Å². The Balaban J connectivity index is 1.76. The number of rotatable bonds is 2. The third-order valence-corrected chi connectivity index (χ3v) is 4.36. The fraction of sp³-hybridized carbons (Fsp3) is 0.316. The molecule has 0 bridgehead atoms. The van der Waals surface area contributed by atoms with Gasteiger partial charge in [0.1, 0.15) is 0 Å². The molecule has 114 valence electrons. The van der Waals surface area contributed by atoms with Gasteiger partial charge in [-0.25, -0.2) is 4.79 Å². The molecule has 3 rings (SSSR count). The number of hydrogen-bond donors (Lipinski definition) is 1. The number of anilines is 1. The number of benzene rings is 2. The van der Waals surface area contributed by atoms with Crippen LogP contribution >= 0.6 is 0 Å². The molecule has 1 fully saturated rings. The van der Waals surface area contributed by atoms with Gasteiger partial charge in [0, 0.05) is 12.2 Å². The first-order valence-corrected chi connectivity index (χ1v) is 7.85. The van der Waals surface area contributed by atoms with E-state index in [0.717, 1.165) is 25.1 Å². The number of likely N-dealkylation sites (tertiary alicyclic amines) is 1. The number of carbonyl (C=O) groups is 1. The van der Waals surface area contributed by atoms with Crippen LogP contribution in [0.1, 0.15) is 35.6 Å². The van der Waals surface area contributed by atoms with Crippen molar-refractivity contribution in [1.29, 1.82) is 0 Å². The highest BCUT2D eigenvalue weighted by molar-refractivity contribution is 5.89. The van der Waals surface area contributed by atoms with E-state index in [1.165, 1.54) is 16.7 Å². The molecule has 3 heteroatoms. The zero-order chi connectivity index (χ0) is 15.5. The summed E-state index contributed by atoms with van der Waals surface area (Å²) in [4.78, 5) is 14.6. The van der Waals surface area contributed by atoms with Crippen LogP contribution in [0.2, 0.25) is 0 Å². The molecular formula is C19H22N2O. The summed E-state index contributed by atoms with van der Waals surface area (Å²) < 4.78 is 0. The van der Waals surface area contributed by atoms with E-state index in [-0.39, 0.29) is 12.1 Å². The molecule has 1 aliphatic rings. The van der Waals surface area contributed by atoms with Gasteiger partial charge >= 0.3 is 6.03 Å². The Morgan fingerprint density at radius 3 is 2.55 bits per heavy atom. The molecule has 0 aliphatic carbocycles. The molecule has 3 nitrogen and oxygen atoms in total. The third-order valence-electron chi connectivity index (χ3n) is 4.36. The highest BCUT2D eigenvalue weighted by Gasteiger charge is 2.30. The lowest BCUT2D eigenvalue weighted by Gasteiger charge is -2.26. The van der Waals surface area contributed by atoms with Gasteiger partial charge in [0.05, 0.1) is 6.04 Å². The molecule has 0 radical (unpaired) electrons. The van der Waals surface area contributed by atoms with Crippen molar-refractivity contribution in [2.75, 3.05) is 11.9 Å². The standard InChI is InChI=1S/C19H22N2O/c1-14-9-11-16(12-10-14)20-19(22)21-13-5-8-18(21)17-7-4-3-6-15(17)2/h3-4,6-7,9-12,18H,5,8,13H2,1-2H3,(H,20,22). The quantitative estimate of drug-likeness (QED) is 0.857. The lowest BCUT2D eigenvalue weighted by molar-refractivity contribution is 0.207. The second-order valence-electron chi connectivity index (χ2n) is 6.00. The van der Waals surface area contributed by atoms with E-state index in [4.69, 9.17) is 0 Å². The monoisotopic (exact) mass is 294 g/mol. The molecule has 1 N–H and O–H groups in total. The maximum atomic E-state index is 12.6. The van der Waals surface area contributed by atoms with Gasteiger partial charge in [-0.1, -0.05) is 42.0 Å². The van der Waals surface area contributed by atoms with Gasteiger partial charge in [-0.3, -0.25) is 0 Å². The summed E-state index contributed by atoms with van der Waals surface area (Å²) >= 11 is 0. The predicted molar refractivity (Wildman–Crippen MR) is 90.1 cm³/mol. The van der Waals surface area contributed by atoms with Crippen molar-refractivity contribution in [2.45, 2.75) is 32.7 Å². The van der Waals surface area contributed by atoms with E-state index in [9.17, 15) is 4.79 Å². The minimum absolute atomic E-state index is 0.00499. The zero-order valence-electron chi connectivity index (χ0n) is 13.2. The van der Waals surface area contributed by atoms with Crippen LogP contribution in [0.15, 0.2) is 48.5 Å². The van der Waals surface area contributed by atoms with Crippen LogP contribution in [0.25, 0.3) is 0 Å². The SMILES string of the molecule is Cc1ccc(NC(=O)N2CCCC2c2ccccc2C)cc1. The lowest BCUT2D eigenvalue weighted by atomic mass is 9.99. The number of nitrogens with zero attached hydrogens (tertiary/aromatic N) is 1. The molecule has 0 aromatic heterocycles. The van der Waals surface area contributed by atoms with Crippen LogP contribution < -0.4 is 5.32 Å². The molecule has 1 saturated heterocycles. The van der Waals surface area contributed by atoms with Gasteiger partial charge in [0.2, 0.25) is 0 Å². The molecule has 2 aromatic rings. The molecule has 0 saturated carbocycles. The van der Waals surface area contributed by atoms with Crippen molar-refractivity contribution in [3.63, 3.8) is 0 Å². The molecule has 1 unspecified atom stereocenters. The molecule has 22 heavy (non-hydrogen) atoms. The van der Waals surface area contributed by atoms with Gasteiger partial charge in [-0.15, -0.1) is 0 Å². The Kier molecular flexibility index (Phi) is 4.14. The number of aryl methyl sites for hydroxylation is 2. The van der Waals surface area contributed by atoms with E-state index in [1.54, 1.807) is 0 Å². The zero-order valence-corrected chi connectivity index (χ0v) is 13.2. The van der Waals surface area contributed by atoms with Crippen LogP contribution in [0, 0.1) is 13.8 Å². The van der Waals surface area contributed by atoms with Gasteiger partial charge in [-0.05, 0) is 49.9 Å². The molecule has 1 atom stereocenters. The van der Waals surface area contributed by atoms with Crippen LogP contribution in [0.3, 0.4) is 0 Å². The van der Waals surface area contributed by atoms with E-state index in [0.29, 0.717) is 0 Å². The van der Waals surface area contributed by atoms with Crippen molar-refractivity contribution in [2.24, 2.45) is 0 Å². The largest absolute Gasteiger partial charge is 0.322 e. The highest BCUT2D eigenvalue weighted by Crippen LogP contribution is 2.34. The minimum Gasteiger partial charge on any atom is -0.317 e. The summed E-state index contributed by atoms with van der Waals surface area (Å²) in [5.74, 6) is 0. The average molecular weight is 294 g/mol. The topological polar surface area (TPSA) is 32.3 Å². The number of nitrogens with one attached hydrogen (secondary N) is 1. The third kappa shape index (κ3) is 2.98. The first-order valence-electron chi connectivity index (χ1n) is 7.85. The van der Waals surface area contributed by atoms with Gasteiger partial charge in [0.15, 0.2) is 0 Å². The van der Waals surface area contributed by atoms with E-state index < -0.39 is 0 Å². The molecule has 2 amide bonds. The Labute approximate surface area is 132 Å². The average Bonchev–Trinajstić information content (AvgIpc) is 2.99. The summed E-state index contributed by atoms with van der Waals surface area (Å²) in [6, 6.07) is 16.5. The summed E-state index contributed by atoms with van der Waals surface area (Å²) in [7, 11) is 0. The van der Waals surface area contributed by atoms with Crippen molar-refractivity contribution in [3.05, 3.63) is 65.2 Å². The number of hydrogen-bond acceptors (Lipinski definition) is 1. The van der Waals surface area contributed by atoms with Crippen LogP contribution in [-0.4, -0.2) is 17.5 Å². The number of urea groups is 1. The number of carbonyl (C=O) groups excluding carboxylic acids is 1. The summed E-state index contributed by atoms with van der Waals surface area (Å²) in [6.07, 6.45) is 2.09. The van der Waals surface area contributed by atoms with Crippen LogP contribution in [0.4, 0.5) is 10.5 Å². The van der Waals surface area contributed by atoms with Gasteiger partial charge < -0.3 is 10.2 Å². The normalized spacial score (nSPS) is 17.5. The molecule has 2 aromatic carbocycles. The first kappa shape index (κ1) is 14.6. The molecular weight excluding hydrogens is 272 g/mol. The molecule has 1 heterocycles. The van der Waals surface area contributed by atoms with Crippen molar-refractivity contribution < 1.29 is 4.79 Å². The first-order chi connectivity index (χ1) is 10.6. The van der Waals surface area contributed by atoms with Gasteiger partial charge in [-0.2, -0.15) is 0 Å². The summed E-state index contributed by atoms with van der Waals surface area (Å²) in [5, 5.41) is 3.02. The fourth-order valence-corrected chi connectivity index (χ4v) is 3.13. The predicted octanol–water partition coefficient (Wildman–Crippen LogP) is 4.67. The Hall–Kier alpha value is -2.29. The minimum atomic E-state index is -0.00499. The van der Waals surface area contributed by atoms with Crippen LogP contribution in [0.5, 0.6) is 0 Å². The highest BCUT2D eigenvalue weighted by atomic mass is 16.2. The number of amides is 2. The fourth-order valence-electron chi connectivity index (χ4n) is 3.13. The Morgan fingerprint density at radius 2 is 1.82 bits per heavy atom. The second kappa shape index (κ2) is 6.22. The lowest BCUT2D eigenvalue weighted by Crippen LogP contribution is -2.34. The van der Waals surface area contributed by atoms with Gasteiger partial charge in [0.25, 0.3) is 0 Å². The summed E-state index contributed by atoms with van der Waals surface area (Å²) in [5.41, 5.74) is 4.56. The maximum Gasteiger partial charge on any atom is 0.322 e. The maximum absolute atomic E-state index is 12.6. The van der Waals surface area contributed by atoms with Crippen molar-refractivity contribution in [3.8, 4) is 0 Å². The van der Waals surface area contributed by atoms with Crippen molar-refractivity contribution >= 4 is 11.7 Å². The van der Waals surface area contributed by atoms with E-state index >= 15 is 0 Å². The Bertz CT molecular complexity index is 663.